The van der Waals surface area contributed by atoms with Crippen LogP contribution in [-0.2, 0) is 11.3 Å². The van der Waals surface area contributed by atoms with E-state index in [1.54, 1.807) is 36.7 Å². The summed E-state index contributed by atoms with van der Waals surface area (Å²) >= 11 is 12.7. The number of carbonyl (C=O) groups is 2. The maximum Gasteiger partial charge on any atom is 0.265 e. The van der Waals surface area contributed by atoms with Gasteiger partial charge in [-0.2, -0.15) is 0 Å². The first-order chi connectivity index (χ1) is 13.5. The number of anilines is 1. The Morgan fingerprint density at radius 2 is 1.93 bits per heavy atom. The molecule has 1 aromatic carbocycles. The van der Waals surface area contributed by atoms with Crippen molar-refractivity contribution in [2.75, 3.05) is 12.4 Å². The van der Waals surface area contributed by atoms with E-state index in [4.69, 9.17) is 23.2 Å². The number of pyridine rings is 1. The van der Waals surface area contributed by atoms with Gasteiger partial charge in [0, 0.05) is 30.2 Å². The van der Waals surface area contributed by atoms with Crippen LogP contribution in [0.25, 0.3) is 10.9 Å². The number of benzene rings is 1. The summed E-state index contributed by atoms with van der Waals surface area (Å²) in [4.78, 5) is 29.5. The smallest absolute Gasteiger partial charge is 0.265 e. The van der Waals surface area contributed by atoms with Crippen LogP contribution in [-0.4, -0.2) is 28.4 Å². The number of hydrogen-bond acceptors (Lipinski definition) is 4. The molecule has 2 aromatic heterocycles. The molecule has 1 aliphatic carbocycles. The van der Waals surface area contributed by atoms with Crippen LogP contribution < -0.4 is 10.6 Å². The molecule has 4 rings (SSSR count). The minimum absolute atomic E-state index is 0.0368. The molecular formula is C20H18Cl2N4O2. The lowest BCUT2D eigenvalue weighted by atomic mass is 10.1. The molecule has 0 unspecified atom stereocenters. The van der Waals surface area contributed by atoms with E-state index >= 15 is 0 Å². The van der Waals surface area contributed by atoms with Crippen molar-refractivity contribution in [3.63, 3.8) is 0 Å². The molecule has 1 amide bonds. The van der Waals surface area contributed by atoms with Gasteiger partial charge < -0.3 is 10.6 Å². The number of halogens is 2. The second kappa shape index (κ2) is 7.54. The summed E-state index contributed by atoms with van der Waals surface area (Å²) in [6, 6.07) is 6.93. The molecule has 6 nitrogen and oxygen atoms in total. The Morgan fingerprint density at radius 1 is 1.21 bits per heavy atom. The van der Waals surface area contributed by atoms with Crippen molar-refractivity contribution in [1.29, 1.82) is 0 Å². The van der Waals surface area contributed by atoms with Gasteiger partial charge in [0.25, 0.3) is 5.91 Å². The summed E-state index contributed by atoms with van der Waals surface area (Å²) in [5.74, 6) is 0.133. The van der Waals surface area contributed by atoms with Crippen molar-refractivity contribution >= 4 is 51.7 Å². The molecule has 2 N–H and O–H groups in total. The van der Waals surface area contributed by atoms with Gasteiger partial charge in [0.2, 0.25) is 5.91 Å². The highest BCUT2D eigenvalue weighted by molar-refractivity contribution is 6.40. The molecule has 0 radical (unpaired) electrons. The van der Waals surface area contributed by atoms with Crippen LogP contribution in [0.2, 0.25) is 10.0 Å². The summed E-state index contributed by atoms with van der Waals surface area (Å²) in [5, 5.41) is 7.14. The van der Waals surface area contributed by atoms with Gasteiger partial charge in [0.15, 0.2) is 0 Å². The molecule has 0 spiro atoms. The zero-order valence-corrected chi connectivity index (χ0v) is 16.6. The van der Waals surface area contributed by atoms with E-state index in [1.807, 2.05) is 7.05 Å². The minimum atomic E-state index is -0.341. The fraction of sp³-hybridized carbons (Fsp3) is 0.250. The van der Waals surface area contributed by atoms with Crippen LogP contribution in [0.3, 0.4) is 0 Å². The van der Waals surface area contributed by atoms with E-state index in [0.29, 0.717) is 33.3 Å². The lowest BCUT2D eigenvalue weighted by Crippen LogP contribution is -2.15. The van der Waals surface area contributed by atoms with Crippen molar-refractivity contribution in [3.05, 3.63) is 57.8 Å². The van der Waals surface area contributed by atoms with Crippen LogP contribution in [0.5, 0.6) is 0 Å². The van der Waals surface area contributed by atoms with Crippen LogP contribution in [0.4, 0.5) is 5.82 Å². The third-order valence-corrected chi connectivity index (χ3v) is 5.32. The Kier molecular flexibility index (Phi) is 5.10. The number of carbonyl (C=O) groups excluding carboxylic acids is 2. The standard InChI is InChI=1S/C20H18Cl2N4O2/c1-23-10-11-8-14(21)17(15(22)9-11)20(28)26-7-5-13-16(26)4-6-24-18(13)25-19(27)12-2-3-12/h4-9,12,23H,2-3,10H2,1H3,(H,24,25,27). The zero-order valence-electron chi connectivity index (χ0n) is 15.1. The highest BCUT2D eigenvalue weighted by Gasteiger charge is 2.30. The first kappa shape index (κ1) is 18.9. The number of fused-ring (bicyclic) bond motifs is 1. The van der Waals surface area contributed by atoms with E-state index in [1.165, 1.54) is 4.57 Å². The molecule has 28 heavy (non-hydrogen) atoms. The van der Waals surface area contributed by atoms with Crippen LogP contribution in [0.1, 0.15) is 28.8 Å². The summed E-state index contributed by atoms with van der Waals surface area (Å²) < 4.78 is 1.47. The largest absolute Gasteiger partial charge is 0.316 e. The summed E-state index contributed by atoms with van der Waals surface area (Å²) in [5.41, 5.74) is 1.75. The predicted molar refractivity (Wildman–Crippen MR) is 110 cm³/mol. The number of hydrogen-bond donors (Lipinski definition) is 2. The number of nitrogens with one attached hydrogen (secondary N) is 2. The highest BCUT2D eigenvalue weighted by atomic mass is 35.5. The van der Waals surface area contributed by atoms with E-state index in [2.05, 4.69) is 15.6 Å². The quantitative estimate of drug-likeness (QED) is 0.656. The average molecular weight is 417 g/mol. The van der Waals surface area contributed by atoms with Crippen molar-refractivity contribution < 1.29 is 9.59 Å². The number of rotatable bonds is 5. The first-order valence-electron chi connectivity index (χ1n) is 8.93. The summed E-state index contributed by atoms with van der Waals surface area (Å²) in [6.07, 6.45) is 5.01. The number of amides is 1. The monoisotopic (exact) mass is 416 g/mol. The van der Waals surface area contributed by atoms with Crippen molar-refractivity contribution in [2.45, 2.75) is 19.4 Å². The Bertz CT molecular complexity index is 1070. The SMILES string of the molecule is CNCc1cc(Cl)c(C(=O)n2ccc3c(NC(=O)C4CC4)nccc32)c(Cl)c1. The fourth-order valence-electron chi connectivity index (χ4n) is 3.16. The topological polar surface area (TPSA) is 76.0 Å². The van der Waals surface area contributed by atoms with Crippen LogP contribution >= 0.6 is 23.2 Å². The zero-order chi connectivity index (χ0) is 19.8. The third kappa shape index (κ3) is 3.51. The summed E-state index contributed by atoms with van der Waals surface area (Å²) in [7, 11) is 1.82. The maximum absolute atomic E-state index is 13.2. The normalized spacial score (nSPS) is 13.7. The van der Waals surface area contributed by atoms with E-state index in [-0.39, 0.29) is 23.3 Å². The molecule has 0 saturated heterocycles. The summed E-state index contributed by atoms with van der Waals surface area (Å²) in [6.45, 7) is 0.593. The Morgan fingerprint density at radius 3 is 2.57 bits per heavy atom. The van der Waals surface area contributed by atoms with Gasteiger partial charge in [-0.1, -0.05) is 23.2 Å². The van der Waals surface area contributed by atoms with Gasteiger partial charge in [-0.15, -0.1) is 0 Å². The number of aromatic nitrogens is 2. The highest BCUT2D eigenvalue weighted by Crippen LogP contribution is 2.32. The van der Waals surface area contributed by atoms with Crippen LogP contribution in [0, 0.1) is 5.92 Å². The molecule has 1 fully saturated rings. The first-order valence-corrected chi connectivity index (χ1v) is 9.69. The Balaban J connectivity index is 1.71. The average Bonchev–Trinajstić information content (AvgIpc) is 3.41. The van der Waals surface area contributed by atoms with Crippen LogP contribution in [0.15, 0.2) is 36.7 Å². The lowest BCUT2D eigenvalue weighted by Gasteiger charge is -2.11. The van der Waals surface area contributed by atoms with Gasteiger partial charge >= 0.3 is 0 Å². The van der Waals surface area contributed by atoms with E-state index in [9.17, 15) is 9.59 Å². The molecule has 0 atom stereocenters. The van der Waals surface area contributed by atoms with Crippen molar-refractivity contribution in [1.82, 2.24) is 14.9 Å². The van der Waals surface area contributed by atoms with Gasteiger partial charge in [-0.3, -0.25) is 14.2 Å². The van der Waals surface area contributed by atoms with Crippen molar-refractivity contribution in [2.24, 2.45) is 5.92 Å². The Hall–Kier alpha value is -2.41. The lowest BCUT2D eigenvalue weighted by molar-refractivity contribution is -0.117. The van der Waals surface area contributed by atoms with Gasteiger partial charge in [-0.25, -0.2) is 4.98 Å². The molecule has 0 bridgehead atoms. The molecule has 8 heteroatoms. The molecular weight excluding hydrogens is 399 g/mol. The predicted octanol–water partition coefficient (Wildman–Crippen LogP) is 4.10. The second-order valence-corrected chi connectivity index (χ2v) is 7.63. The van der Waals surface area contributed by atoms with Gasteiger partial charge in [0.05, 0.1) is 21.1 Å². The Labute approximate surface area is 171 Å². The van der Waals surface area contributed by atoms with E-state index in [0.717, 1.165) is 18.4 Å². The molecule has 2 heterocycles. The minimum Gasteiger partial charge on any atom is -0.316 e. The number of nitrogens with zero attached hydrogens (tertiary/aromatic N) is 2. The molecule has 1 aliphatic rings. The maximum atomic E-state index is 13.2. The molecule has 144 valence electrons. The fourth-order valence-corrected chi connectivity index (χ4v) is 3.86. The second-order valence-electron chi connectivity index (χ2n) is 6.81. The third-order valence-electron chi connectivity index (χ3n) is 4.72. The van der Waals surface area contributed by atoms with Crippen molar-refractivity contribution in [3.8, 4) is 0 Å². The van der Waals surface area contributed by atoms with Gasteiger partial charge in [-0.05, 0) is 49.7 Å². The molecule has 3 aromatic rings. The molecule has 0 aliphatic heterocycles. The molecule has 1 saturated carbocycles. The van der Waals surface area contributed by atoms with Gasteiger partial charge in [0.1, 0.15) is 5.82 Å². The van der Waals surface area contributed by atoms with E-state index < -0.39 is 0 Å².